The summed E-state index contributed by atoms with van der Waals surface area (Å²) < 4.78 is 11.5. The van der Waals surface area contributed by atoms with Crippen LogP contribution in [0.25, 0.3) is 0 Å². The normalized spacial score (nSPS) is 16.5. The van der Waals surface area contributed by atoms with Crippen LogP contribution in [-0.2, 0) is 19.1 Å². The van der Waals surface area contributed by atoms with Crippen LogP contribution in [0.1, 0.15) is 117 Å². The van der Waals surface area contributed by atoms with Crippen LogP contribution in [0.2, 0.25) is 0 Å². The monoisotopic (exact) mass is 482 g/mol. The number of carbonyl (C=O) groups excluding carboxylic acids is 2. The maximum absolute atomic E-state index is 12.4. The number of nitrogens with zero attached hydrogens (tertiary/aromatic N) is 2. The van der Waals surface area contributed by atoms with E-state index in [1.807, 2.05) is 19.0 Å². The van der Waals surface area contributed by atoms with Crippen molar-refractivity contribution in [2.45, 2.75) is 129 Å². The molecule has 200 valence electrons. The Hall–Kier alpha value is -1.14. The van der Waals surface area contributed by atoms with Crippen molar-refractivity contribution >= 4 is 11.9 Å². The Morgan fingerprint density at radius 3 is 2.12 bits per heavy atom. The van der Waals surface area contributed by atoms with E-state index in [1.54, 1.807) is 0 Å². The number of carbonyl (C=O) groups is 2. The lowest BCUT2D eigenvalue weighted by Gasteiger charge is -2.18. The van der Waals surface area contributed by atoms with Gasteiger partial charge in [-0.25, -0.2) is 0 Å². The highest BCUT2D eigenvalue weighted by atomic mass is 16.5. The van der Waals surface area contributed by atoms with E-state index in [-0.39, 0.29) is 24.1 Å². The van der Waals surface area contributed by atoms with Gasteiger partial charge in [0.25, 0.3) is 0 Å². The Morgan fingerprint density at radius 2 is 1.50 bits per heavy atom. The number of esters is 2. The number of hydrogen-bond donors (Lipinski definition) is 0. The Kier molecular flexibility index (Phi) is 18.3. The fraction of sp³-hybridized carbons (Fsp3) is 0.929. The summed E-state index contributed by atoms with van der Waals surface area (Å²) in [5.74, 6) is -0.102. The molecule has 0 N–H and O–H groups in total. The average molecular weight is 483 g/mol. The quantitative estimate of drug-likeness (QED) is 0.148. The van der Waals surface area contributed by atoms with Crippen LogP contribution in [0.4, 0.5) is 0 Å². The van der Waals surface area contributed by atoms with Gasteiger partial charge in [-0.05, 0) is 65.6 Å². The van der Waals surface area contributed by atoms with Crippen LogP contribution in [0.5, 0.6) is 0 Å². The molecule has 1 aliphatic rings. The minimum absolute atomic E-state index is 0.0122. The number of ether oxygens (including phenoxy) is 2. The van der Waals surface area contributed by atoms with Crippen molar-refractivity contribution in [3.63, 3.8) is 0 Å². The van der Waals surface area contributed by atoms with Crippen molar-refractivity contribution in [2.75, 3.05) is 40.3 Å². The molecule has 34 heavy (non-hydrogen) atoms. The van der Waals surface area contributed by atoms with Gasteiger partial charge in [0.2, 0.25) is 0 Å². The average Bonchev–Trinajstić information content (AvgIpc) is 3.24. The van der Waals surface area contributed by atoms with Gasteiger partial charge in [-0.3, -0.25) is 14.5 Å². The molecule has 0 amide bonds. The zero-order valence-corrected chi connectivity index (χ0v) is 22.8. The molecule has 6 heteroatoms. The van der Waals surface area contributed by atoms with E-state index in [9.17, 15) is 9.59 Å². The van der Waals surface area contributed by atoms with Gasteiger partial charge in [0.1, 0.15) is 12.2 Å². The summed E-state index contributed by atoms with van der Waals surface area (Å²) in [4.78, 5) is 28.7. The third kappa shape index (κ3) is 16.5. The van der Waals surface area contributed by atoms with Crippen LogP contribution in [-0.4, -0.2) is 74.2 Å². The van der Waals surface area contributed by atoms with E-state index >= 15 is 0 Å². The lowest BCUT2D eigenvalue weighted by molar-refractivity contribution is -0.150. The molecule has 1 unspecified atom stereocenters. The largest absolute Gasteiger partial charge is 0.462 e. The molecule has 0 bridgehead atoms. The first-order valence-electron chi connectivity index (χ1n) is 14.2. The predicted molar refractivity (Wildman–Crippen MR) is 140 cm³/mol. The fourth-order valence-corrected chi connectivity index (χ4v) is 4.54. The summed E-state index contributed by atoms with van der Waals surface area (Å²) in [6.07, 6.45) is 17.0. The lowest BCUT2D eigenvalue weighted by atomic mass is 10.0. The molecule has 6 nitrogen and oxygen atoms in total. The van der Waals surface area contributed by atoms with E-state index in [4.69, 9.17) is 9.47 Å². The summed E-state index contributed by atoms with van der Waals surface area (Å²) in [5, 5.41) is 0. The maximum Gasteiger partial charge on any atom is 0.307 e. The van der Waals surface area contributed by atoms with Gasteiger partial charge >= 0.3 is 11.9 Å². The smallest absolute Gasteiger partial charge is 0.307 e. The first kappa shape index (κ1) is 30.9. The molecule has 0 aliphatic carbocycles. The number of likely N-dealkylation sites (tertiary alicyclic amines) is 1. The summed E-state index contributed by atoms with van der Waals surface area (Å²) in [6, 6.07) is 0. The lowest BCUT2D eigenvalue weighted by Crippen LogP contribution is -2.27. The molecular weight excluding hydrogens is 428 g/mol. The van der Waals surface area contributed by atoms with E-state index in [2.05, 4.69) is 18.7 Å². The Labute approximate surface area is 210 Å². The van der Waals surface area contributed by atoms with Crippen molar-refractivity contribution in [1.29, 1.82) is 0 Å². The van der Waals surface area contributed by atoms with Gasteiger partial charge in [-0.15, -0.1) is 0 Å². The van der Waals surface area contributed by atoms with Gasteiger partial charge in [-0.2, -0.15) is 0 Å². The van der Waals surface area contributed by atoms with Crippen LogP contribution in [0, 0.1) is 0 Å². The SMILES string of the molecule is CCCCCCC(CCCCCC)OC(=O)CCCCCN1CCC(OC(=O)CCN(C)C)C1. The summed E-state index contributed by atoms with van der Waals surface area (Å²) in [6.45, 7) is 8.03. The first-order valence-corrected chi connectivity index (χ1v) is 14.2. The third-order valence-electron chi connectivity index (χ3n) is 6.70. The highest BCUT2D eigenvalue weighted by Crippen LogP contribution is 2.18. The summed E-state index contributed by atoms with van der Waals surface area (Å²) in [7, 11) is 3.93. The molecule has 0 spiro atoms. The molecule has 0 aromatic carbocycles. The molecule has 1 aliphatic heterocycles. The first-order chi connectivity index (χ1) is 16.4. The molecule has 0 aromatic rings. The predicted octanol–water partition coefficient (Wildman–Crippen LogP) is 5.97. The fourth-order valence-electron chi connectivity index (χ4n) is 4.54. The van der Waals surface area contributed by atoms with E-state index in [1.165, 1.54) is 51.4 Å². The zero-order valence-electron chi connectivity index (χ0n) is 22.8. The topological polar surface area (TPSA) is 59.1 Å². The molecule has 1 saturated heterocycles. The van der Waals surface area contributed by atoms with E-state index in [0.717, 1.165) is 64.7 Å². The standard InChI is InChI=1S/C28H54N2O4/c1-5-7-9-12-16-25(17-13-10-8-6-2)33-27(31)18-14-11-15-21-30-23-19-26(24-30)34-28(32)20-22-29(3)4/h25-26H,5-24H2,1-4H3. The van der Waals surface area contributed by atoms with Crippen molar-refractivity contribution in [3.8, 4) is 0 Å². The second-order valence-corrected chi connectivity index (χ2v) is 10.4. The summed E-state index contributed by atoms with van der Waals surface area (Å²) in [5.41, 5.74) is 0. The van der Waals surface area contributed by atoms with Crippen molar-refractivity contribution in [1.82, 2.24) is 9.80 Å². The van der Waals surface area contributed by atoms with Gasteiger partial charge in [0.15, 0.2) is 0 Å². The van der Waals surface area contributed by atoms with E-state index in [0.29, 0.717) is 12.8 Å². The highest BCUT2D eigenvalue weighted by Gasteiger charge is 2.25. The van der Waals surface area contributed by atoms with Crippen molar-refractivity contribution < 1.29 is 19.1 Å². The Bertz CT molecular complexity index is 515. The second-order valence-electron chi connectivity index (χ2n) is 10.4. The molecule has 1 rings (SSSR count). The van der Waals surface area contributed by atoms with Gasteiger partial charge in [-0.1, -0.05) is 58.8 Å². The van der Waals surface area contributed by atoms with Crippen LogP contribution in [0.3, 0.4) is 0 Å². The number of unbranched alkanes of at least 4 members (excludes halogenated alkanes) is 8. The van der Waals surface area contributed by atoms with Gasteiger partial charge in [0.05, 0.1) is 6.42 Å². The molecule has 0 saturated carbocycles. The minimum atomic E-state index is -0.0897. The number of rotatable bonds is 21. The summed E-state index contributed by atoms with van der Waals surface area (Å²) >= 11 is 0. The molecule has 1 heterocycles. The van der Waals surface area contributed by atoms with Crippen LogP contribution >= 0.6 is 0 Å². The highest BCUT2D eigenvalue weighted by molar-refractivity contribution is 5.70. The second kappa shape index (κ2) is 20.1. The van der Waals surface area contributed by atoms with Crippen molar-refractivity contribution in [3.05, 3.63) is 0 Å². The van der Waals surface area contributed by atoms with Gasteiger partial charge in [0, 0.05) is 26.1 Å². The van der Waals surface area contributed by atoms with E-state index < -0.39 is 0 Å². The van der Waals surface area contributed by atoms with Crippen molar-refractivity contribution in [2.24, 2.45) is 0 Å². The van der Waals surface area contributed by atoms with Gasteiger partial charge < -0.3 is 14.4 Å². The third-order valence-corrected chi connectivity index (χ3v) is 6.70. The molecule has 0 radical (unpaired) electrons. The molecular formula is C28H54N2O4. The molecule has 1 fully saturated rings. The Morgan fingerprint density at radius 1 is 0.853 bits per heavy atom. The molecule has 1 atom stereocenters. The van der Waals surface area contributed by atoms with Crippen LogP contribution in [0.15, 0.2) is 0 Å². The maximum atomic E-state index is 12.4. The van der Waals surface area contributed by atoms with Crippen LogP contribution < -0.4 is 0 Å². The Balaban J connectivity index is 2.15. The molecule has 0 aromatic heterocycles. The zero-order chi connectivity index (χ0) is 25.0. The number of hydrogen-bond acceptors (Lipinski definition) is 6. The minimum Gasteiger partial charge on any atom is -0.462 e.